The molecule has 2 atom stereocenters. The zero-order valence-electron chi connectivity index (χ0n) is 20.8. The van der Waals surface area contributed by atoms with Gasteiger partial charge in [-0.05, 0) is 60.9 Å². The van der Waals surface area contributed by atoms with Crippen molar-refractivity contribution in [3.05, 3.63) is 95.6 Å². The molecule has 0 spiro atoms. The van der Waals surface area contributed by atoms with Gasteiger partial charge in [0, 0.05) is 24.2 Å². The molecule has 0 radical (unpaired) electrons. The van der Waals surface area contributed by atoms with Gasteiger partial charge in [0.05, 0.1) is 12.1 Å². The highest BCUT2D eigenvalue weighted by molar-refractivity contribution is 5.96. The van der Waals surface area contributed by atoms with Crippen LogP contribution < -0.4 is 20.7 Å². The number of rotatable bonds is 9. The number of carbonyl (C=O) groups excluding carboxylic acids is 2. The molecule has 3 aromatic carbocycles. The number of ether oxygens (including phenoxy) is 1. The van der Waals surface area contributed by atoms with Crippen molar-refractivity contribution < 1.29 is 27.5 Å². The van der Waals surface area contributed by atoms with Crippen LogP contribution in [0.3, 0.4) is 0 Å². The quantitative estimate of drug-likeness (QED) is 0.347. The van der Waals surface area contributed by atoms with Crippen LogP contribution in [-0.2, 0) is 17.5 Å². The Bertz CT molecular complexity index is 1220. The zero-order valence-corrected chi connectivity index (χ0v) is 20.8. The number of halogens is 3. The Morgan fingerprint density at radius 3 is 2.24 bits per heavy atom. The van der Waals surface area contributed by atoms with Gasteiger partial charge in [0.25, 0.3) is 5.91 Å². The average molecular weight is 526 g/mol. The minimum Gasteiger partial charge on any atom is -0.457 e. The van der Waals surface area contributed by atoms with E-state index in [2.05, 4.69) is 16.0 Å². The van der Waals surface area contributed by atoms with E-state index in [1.54, 1.807) is 0 Å². The van der Waals surface area contributed by atoms with Crippen LogP contribution in [0.2, 0.25) is 0 Å². The van der Waals surface area contributed by atoms with Crippen LogP contribution in [0.1, 0.15) is 47.2 Å². The lowest BCUT2D eigenvalue weighted by molar-refractivity contribution is -0.137. The minimum absolute atomic E-state index is 0.0621. The van der Waals surface area contributed by atoms with Gasteiger partial charge in [0.1, 0.15) is 11.5 Å². The van der Waals surface area contributed by atoms with Crippen LogP contribution in [0.5, 0.6) is 11.5 Å². The van der Waals surface area contributed by atoms with Crippen LogP contribution in [0, 0.1) is 0 Å². The molecule has 200 valence electrons. The first-order valence-corrected chi connectivity index (χ1v) is 12.6. The standard InChI is InChI=1S/C29H30F3N3O3/c30-29(31,32)22-8-6-7-21(17-22)28(37)34-19-27(36)35-26-12-5-4-11-25(26)33-18-20-13-15-24(16-14-20)38-23-9-2-1-3-10-23/h1-3,6-10,13-17,25-26,33H,4-5,11-12,18-19H2,(H,34,37)(H,35,36)/t25-,26+/m0/s1. The molecule has 2 amide bonds. The molecule has 1 aliphatic rings. The van der Waals surface area contributed by atoms with Crippen LogP contribution in [-0.4, -0.2) is 30.4 Å². The summed E-state index contributed by atoms with van der Waals surface area (Å²) in [7, 11) is 0. The lowest BCUT2D eigenvalue weighted by Crippen LogP contribution is -2.53. The first kappa shape index (κ1) is 27.2. The van der Waals surface area contributed by atoms with E-state index in [0.717, 1.165) is 54.9 Å². The van der Waals surface area contributed by atoms with Crippen molar-refractivity contribution in [2.45, 2.75) is 50.5 Å². The number of hydrogen-bond donors (Lipinski definition) is 3. The van der Waals surface area contributed by atoms with Crippen LogP contribution in [0.25, 0.3) is 0 Å². The highest BCUT2D eigenvalue weighted by atomic mass is 19.4. The number of alkyl halides is 3. The molecule has 0 saturated heterocycles. The third-order valence-electron chi connectivity index (χ3n) is 6.44. The van der Waals surface area contributed by atoms with Crippen molar-refractivity contribution in [1.29, 1.82) is 0 Å². The molecule has 1 aliphatic carbocycles. The van der Waals surface area contributed by atoms with Gasteiger partial charge in [-0.1, -0.05) is 49.2 Å². The van der Waals surface area contributed by atoms with Gasteiger partial charge >= 0.3 is 6.18 Å². The number of carbonyl (C=O) groups is 2. The van der Waals surface area contributed by atoms with Gasteiger partial charge in [-0.2, -0.15) is 13.2 Å². The molecule has 1 saturated carbocycles. The lowest BCUT2D eigenvalue weighted by Gasteiger charge is -2.33. The molecule has 0 aromatic heterocycles. The van der Waals surface area contributed by atoms with E-state index in [1.165, 1.54) is 12.1 Å². The molecule has 0 unspecified atom stereocenters. The second-order valence-electron chi connectivity index (χ2n) is 9.27. The van der Waals surface area contributed by atoms with E-state index in [0.29, 0.717) is 6.54 Å². The Balaban J connectivity index is 1.25. The van der Waals surface area contributed by atoms with Crippen molar-refractivity contribution in [1.82, 2.24) is 16.0 Å². The molecule has 4 rings (SSSR count). The molecular weight excluding hydrogens is 495 g/mol. The van der Waals surface area contributed by atoms with E-state index in [4.69, 9.17) is 4.74 Å². The summed E-state index contributed by atoms with van der Waals surface area (Å²) in [5.74, 6) is 0.399. The summed E-state index contributed by atoms with van der Waals surface area (Å²) in [5.41, 5.74) is 0.0171. The summed E-state index contributed by atoms with van der Waals surface area (Å²) in [6.45, 7) is 0.302. The highest BCUT2D eigenvalue weighted by Crippen LogP contribution is 2.29. The molecule has 3 aromatic rings. The number of hydrogen-bond acceptors (Lipinski definition) is 4. The molecule has 3 N–H and O–H groups in total. The Hall–Kier alpha value is -3.85. The first-order chi connectivity index (χ1) is 18.3. The van der Waals surface area contributed by atoms with E-state index in [9.17, 15) is 22.8 Å². The second kappa shape index (κ2) is 12.6. The fourth-order valence-corrected chi connectivity index (χ4v) is 4.45. The molecule has 0 bridgehead atoms. The average Bonchev–Trinajstić information content (AvgIpc) is 2.92. The number of nitrogens with one attached hydrogen (secondary N) is 3. The van der Waals surface area contributed by atoms with Crippen molar-refractivity contribution in [3.63, 3.8) is 0 Å². The van der Waals surface area contributed by atoms with E-state index in [1.807, 2.05) is 54.6 Å². The SMILES string of the molecule is O=C(CNC(=O)c1cccc(C(F)(F)F)c1)N[C@@H]1CCCC[C@@H]1NCc1ccc(Oc2ccccc2)cc1. The van der Waals surface area contributed by atoms with Crippen molar-refractivity contribution in [2.24, 2.45) is 0 Å². The largest absolute Gasteiger partial charge is 0.457 e. The molecule has 38 heavy (non-hydrogen) atoms. The Kier molecular flexibility index (Phi) is 9.02. The smallest absolute Gasteiger partial charge is 0.416 e. The second-order valence-corrected chi connectivity index (χ2v) is 9.27. The zero-order chi connectivity index (χ0) is 27.0. The van der Waals surface area contributed by atoms with Gasteiger partial charge < -0.3 is 20.7 Å². The maximum atomic E-state index is 12.9. The molecule has 0 aliphatic heterocycles. The molecule has 9 heteroatoms. The monoisotopic (exact) mass is 525 g/mol. The number of amides is 2. The van der Waals surface area contributed by atoms with Gasteiger partial charge in [-0.15, -0.1) is 0 Å². The predicted octanol–water partition coefficient (Wildman–Crippen LogP) is 5.44. The molecular formula is C29H30F3N3O3. The molecule has 0 heterocycles. The van der Waals surface area contributed by atoms with Gasteiger partial charge in [0.2, 0.25) is 5.91 Å². The molecule has 6 nitrogen and oxygen atoms in total. The topological polar surface area (TPSA) is 79.5 Å². The Labute approximate surface area is 219 Å². The fourth-order valence-electron chi connectivity index (χ4n) is 4.45. The highest BCUT2D eigenvalue weighted by Gasteiger charge is 2.31. The molecule has 1 fully saturated rings. The number of benzene rings is 3. The number of para-hydroxylation sites is 1. The summed E-state index contributed by atoms with van der Waals surface area (Å²) in [4.78, 5) is 24.8. The van der Waals surface area contributed by atoms with E-state index in [-0.39, 0.29) is 30.1 Å². The van der Waals surface area contributed by atoms with Crippen LogP contribution in [0.15, 0.2) is 78.9 Å². The van der Waals surface area contributed by atoms with E-state index < -0.39 is 17.6 Å². The first-order valence-electron chi connectivity index (χ1n) is 12.6. The maximum Gasteiger partial charge on any atom is 0.416 e. The minimum atomic E-state index is -4.55. The lowest BCUT2D eigenvalue weighted by atomic mass is 9.90. The summed E-state index contributed by atoms with van der Waals surface area (Å²) in [5, 5.41) is 8.90. The van der Waals surface area contributed by atoms with Gasteiger partial charge in [-0.3, -0.25) is 9.59 Å². The third kappa shape index (κ3) is 7.82. The maximum absolute atomic E-state index is 12.9. The Morgan fingerprint density at radius 1 is 0.842 bits per heavy atom. The Morgan fingerprint density at radius 2 is 1.53 bits per heavy atom. The fraction of sp³-hybridized carbons (Fsp3) is 0.310. The van der Waals surface area contributed by atoms with Crippen molar-refractivity contribution >= 4 is 11.8 Å². The summed E-state index contributed by atoms with van der Waals surface area (Å²) in [6.07, 6.45) is -0.828. The third-order valence-corrected chi connectivity index (χ3v) is 6.44. The van der Waals surface area contributed by atoms with Gasteiger partial charge in [-0.25, -0.2) is 0 Å². The van der Waals surface area contributed by atoms with Crippen molar-refractivity contribution in [2.75, 3.05) is 6.54 Å². The normalized spacial score (nSPS) is 17.4. The van der Waals surface area contributed by atoms with Gasteiger partial charge in [0.15, 0.2) is 0 Å². The summed E-state index contributed by atoms with van der Waals surface area (Å²) in [6, 6.07) is 21.4. The van der Waals surface area contributed by atoms with Crippen molar-refractivity contribution in [3.8, 4) is 11.5 Å². The van der Waals surface area contributed by atoms with Crippen LogP contribution in [0.4, 0.5) is 13.2 Å². The van der Waals surface area contributed by atoms with E-state index >= 15 is 0 Å². The summed E-state index contributed by atoms with van der Waals surface area (Å²) >= 11 is 0. The predicted molar refractivity (Wildman–Crippen MR) is 138 cm³/mol. The van der Waals surface area contributed by atoms with Crippen LogP contribution >= 0.6 is 0 Å². The summed E-state index contributed by atoms with van der Waals surface area (Å²) < 4.78 is 44.5.